The number of pyridine rings is 1. The zero-order chi connectivity index (χ0) is 13.5. The molecule has 0 bridgehead atoms. The van der Waals surface area contributed by atoms with Gasteiger partial charge in [0.05, 0.1) is 0 Å². The van der Waals surface area contributed by atoms with Crippen molar-refractivity contribution in [3.8, 4) is 0 Å². The Bertz CT molecular complexity index is 472. The summed E-state index contributed by atoms with van der Waals surface area (Å²) in [5.74, 6) is -0.450. The van der Waals surface area contributed by atoms with E-state index in [0.717, 1.165) is 0 Å². The van der Waals surface area contributed by atoms with Gasteiger partial charge in [0.1, 0.15) is 17.9 Å². The number of hydrogen-bond donors (Lipinski definition) is 3. The third-order valence-electron chi connectivity index (χ3n) is 1.67. The second-order valence-electron chi connectivity index (χ2n) is 3.49. The van der Waals surface area contributed by atoms with Crippen LogP contribution in [0.5, 0.6) is 0 Å². The molecular formula is C10H13N5O3. The Hall–Kier alpha value is -2.64. The van der Waals surface area contributed by atoms with Gasteiger partial charge in [0.15, 0.2) is 0 Å². The molecule has 1 rings (SSSR count). The molecule has 0 aliphatic carbocycles. The van der Waals surface area contributed by atoms with Crippen LogP contribution in [0.2, 0.25) is 0 Å². The maximum absolute atomic E-state index is 11.6. The molecule has 3 N–H and O–H groups in total. The number of nitrogens with zero attached hydrogens (tertiary/aromatic N) is 3. The maximum atomic E-state index is 11.6. The van der Waals surface area contributed by atoms with Crippen molar-refractivity contribution in [1.82, 2.24) is 15.3 Å². The Balaban J connectivity index is 2.71. The van der Waals surface area contributed by atoms with E-state index in [2.05, 4.69) is 20.8 Å². The molecule has 0 spiro atoms. The molecule has 0 aliphatic rings. The van der Waals surface area contributed by atoms with Gasteiger partial charge in [-0.05, 0) is 12.1 Å². The third kappa shape index (κ3) is 4.47. The largest absolute Gasteiger partial charge is 0.465 e. The van der Waals surface area contributed by atoms with Gasteiger partial charge in [-0.2, -0.15) is 5.10 Å². The quantitative estimate of drug-likeness (QED) is 0.408. The van der Waals surface area contributed by atoms with Crippen molar-refractivity contribution in [3.63, 3.8) is 0 Å². The van der Waals surface area contributed by atoms with Crippen molar-refractivity contribution in [1.29, 1.82) is 0 Å². The molecule has 0 unspecified atom stereocenters. The minimum Gasteiger partial charge on any atom is -0.465 e. The molecule has 0 saturated heterocycles. The third-order valence-corrected chi connectivity index (χ3v) is 1.67. The number of rotatable bonds is 4. The average molecular weight is 251 g/mol. The number of hydrazone groups is 1. The van der Waals surface area contributed by atoms with Crippen LogP contribution in [-0.4, -0.2) is 47.4 Å². The van der Waals surface area contributed by atoms with Gasteiger partial charge in [0, 0.05) is 14.1 Å². The number of hydrogen-bond acceptors (Lipinski definition) is 4. The zero-order valence-corrected chi connectivity index (χ0v) is 9.91. The lowest BCUT2D eigenvalue weighted by Gasteiger charge is -2.04. The van der Waals surface area contributed by atoms with Crippen molar-refractivity contribution in [2.75, 3.05) is 19.4 Å². The Kier molecular flexibility index (Phi) is 4.61. The summed E-state index contributed by atoms with van der Waals surface area (Å²) < 4.78 is 0. The molecule has 18 heavy (non-hydrogen) atoms. The molecule has 1 aromatic rings. The molecule has 1 aromatic heterocycles. The first-order valence-electron chi connectivity index (χ1n) is 4.96. The molecule has 1 heterocycles. The fraction of sp³-hybridized carbons (Fsp3) is 0.200. The van der Waals surface area contributed by atoms with Crippen LogP contribution >= 0.6 is 0 Å². The van der Waals surface area contributed by atoms with Crippen molar-refractivity contribution in [2.24, 2.45) is 5.10 Å². The van der Waals surface area contributed by atoms with E-state index in [4.69, 9.17) is 5.11 Å². The lowest BCUT2D eigenvalue weighted by atomic mass is 10.3. The highest BCUT2D eigenvalue weighted by molar-refractivity contribution is 5.93. The van der Waals surface area contributed by atoms with E-state index in [1.54, 1.807) is 19.0 Å². The SMILES string of the molecule is CN(C)/C=N/NC(=O)c1cccc(NC(=O)O)n1. The van der Waals surface area contributed by atoms with Crippen LogP contribution in [-0.2, 0) is 0 Å². The molecule has 96 valence electrons. The van der Waals surface area contributed by atoms with Gasteiger partial charge in [0.2, 0.25) is 0 Å². The molecule has 0 saturated carbocycles. The van der Waals surface area contributed by atoms with Crippen molar-refractivity contribution < 1.29 is 14.7 Å². The fourth-order valence-corrected chi connectivity index (χ4v) is 1.00. The lowest BCUT2D eigenvalue weighted by molar-refractivity contribution is 0.0949. The van der Waals surface area contributed by atoms with Crippen LogP contribution in [0, 0.1) is 0 Å². The Labute approximate surface area is 103 Å². The van der Waals surface area contributed by atoms with E-state index < -0.39 is 12.0 Å². The molecule has 8 nitrogen and oxygen atoms in total. The molecule has 0 aliphatic heterocycles. The highest BCUT2D eigenvalue weighted by Crippen LogP contribution is 2.04. The molecule has 0 fully saturated rings. The van der Waals surface area contributed by atoms with Crippen LogP contribution in [0.15, 0.2) is 23.3 Å². The topological polar surface area (TPSA) is 107 Å². The summed E-state index contributed by atoms with van der Waals surface area (Å²) in [5, 5.41) is 14.2. The Morgan fingerprint density at radius 2 is 2.17 bits per heavy atom. The molecule has 2 amide bonds. The maximum Gasteiger partial charge on any atom is 0.410 e. The summed E-state index contributed by atoms with van der Waals surface area (Å²) in [5.41, 5.74) is 2.33. The average Bonchev–Trinajstić information content (AvgIpc) is 2.27. The molecule has 0 aromatic carbocycles. The predicted octanol–water partition coefficient (Wildman–Crippen LogP) is 0.406. The van der Waals surface area contributed by atoms with Gasteiger partial charge in [-0.25, -0.2) is 15.2 Å². The number of carboxylic acid groups (broad SMARTS) is 1. The monoisotopic (exact) mass is 251 g/mol. The van der Waals surface area contributed by atoms with Gasteiger partial charge in [-0.15, -0.1) is 0 Å². The van der Waals surface area contributed by atoms with Gasteiger partial charge < -0.3 is 10.0 Å². The van der Waals surface area contributed by atoms with Gasteiger partial charge in [-0.1, -0.05) is 6.07 Å². The number of carbonyl (C=O) groups is 2. The molecular weight excluding hydrogens is 238 g/mol. The van der Waals surface area contributed by atoms with E-state index in [-0.39, 0.29) is 11.5 Å². The highest BCUT2D eigenvalue weighted by Gasteiger charge is 2.07. The number of carbonyl (C=O) groups excluding carboxylic acids is 1. The first-order valence-corrected chi connectivity index (χ1v) is 4.96. The predicted molar refractivity (Wildman–Crippen MR) is 65.5 cm³/mol. The summed E-state index contributed by atoms with van der Waals surface area (Å²) in [6, 6.07) is 4.41. The zero-order valence-electron chi connectivity index (χ0n) is 9.91. The first-order chi connectivity index (χ1) is 8.49. The van der Waals surface area contributed by atoms with Crippen LogP contribution in [0.1, 0.15) is 10.5 Å². The van der Waals surface area contributed by atoms with Crippen molar-refractivity contribution in [2.45, 2.75) is 0 Å². The molecule has 0 atom stereocenters. The molecule has 0 radical (unpaired) electrons. The van der Waals surface area contributed by atoms with E-state index in [9.17, 15) is 9.59 Å². The van der Waals surface area contributed by atoms with Crippen LogP contribution in [0.3, 0.4) is 0 Å². The Morgan fingerprint density at radius 1 is 1.44 bits per heavy atom. The summed E-state index contributed by atoms with van der Waals surface area (Å²) in [7, 11) is 3.51. The van der Waals surface area contributed by atoms with Gasteiger partial charge in [0.25, 0.3) is 5.91 Å². The number of anilines is 1. The van der Waals surface area contributed by atoms with Crippen LogP contribution < -0.4 is 10.7 Å². The second kappa shape index (κ2) is 6.18. The fourth-order valence-electron chi connectivity index (χ4n) is 1.00. The van der Waals surface area contributed by atoms with Crippen LogP contribution in [0.4, 0.5) is 10.6 Å². The van der Waals surface area contributed by atoms with E-state index in [1.165, 1.54) is 24.5 Å². The summed E-state index contributed by atoms with van der Waals surface area (Å²) >= 11 is 0. The summed E-state index contributed by atoms with van der Waals surface area (Å²) in [6.45, 7) is 0. The summed E-state index contributed by atoms with van der Waals surface area (Å²) in [4.78, 5) is 27.5. The number of aromatic nitrogens is 1. The summed E-state index contributed by atoms with van der Waals surface area (Å²) in [6.07, 6.45) is 0.169. The first kappa shape index (κ1) is 13.4. The van der Waals surface area contributed by atoms with E-state index >= 15 is 0 Å². The smallest absolute Gasteiger partial charge is 0.410 e. The number of nitrogens with one attached hydrogen (secondary N) is 2. The number of amides is 2. The normalized spacial score (nSPS) is 10.1. The van der Waals surface area contributed by atoms with Gasteiger partial charge in [-0.3, -0.25) is 10.1 Å². The van der Waals surface area contributed by atoms with Crippen molar-refractivity contribution >= 4 is 24.2 Å². The second-order valence-corrected chi connectivity index (χ2v) is 3.49. The van der Waals surface area contributed by atoms with Crippen LogP contribution in [0.25, 0.3) is 0 Å². The van der Waals surface area contributed by atoms with E-state index in [1.807, 2.05) is 0 Å². The van der Waals surface area contributed by atoms with E-state index in [0.29, 0.717) is 0 Å². The highest BCUT2D eigenvalue weighted by atomic mass is 16.4. The van der Waals surface area contributed by atoms with Crippen molar-refractivity contribution in [3.05, 3.63) is 23.9 Å². The standard InChI is InChI=1S/C10H13N5O3/c1-15(2)6-11-14-9(16)7-4-3-5-8(12-7)13-10(17)18/h3-6H,1-2H3,(H,12,13)(H,14,16)(H,17,18)/b11-6+. The minimum absolute atomic E-state index is 0.0668. The van der Waals surface area contributed by atoms with Gasteiger partial charge >= 0.3 is 6.09 Å². The minimum atomic E-state index is -1.24. The molecule has 8 heteroatoms. The Morgan fingerprint density at radius 3 is 2.78 bits per heavy atom. The lowest BCUT2D eigenvalue weighted by Crippen LogP contribution is -2.21.